The minimum atomic E-state index is -0.711. The lowest BCUT2D eigenvalue weighted by Crippen LogP contribution is -2.09. The number of ether oxygens (including phenoxy) is 2. The molecule has 0 saturated heterocycles. The average Bonchev–Trinajstić information content (AvgIpc) is 2.44. The van der Waals surface area contributed by atoms with Gasteiger partial charge in [-0.2, -0.15) is 0 Å². The van der Waals surface area contributed by atoms with E-state index in [0.29, 0.717) is 39.3 Å². The minimum Gasteiger partial charge on any atom is -0.481 e. The van der Waals surface area contributed by atoms with Gasteiger partial charge in [0.25, 0.3) is 0 Å². The molecule has 0 aliphatic heterocycles. The van der Waals surface area contributed by atoms with Crippen molar-refractivity contribution in [2.75, 3.05) is 39.6 Å². The zero-order valence-corrected chi connectivity index (χ0v) is 13.5. The number of aliphatic carboxylic acids is 2. The lowest BCUT2D eigenvalue weighted by molar-refractivity contribution is -0.138. The molecule has 0 aromatic heterocycles. The van der Waals surface area contributed by atoms with E-state index in [4.69, 9.17) is 29.9 Å². The number of hydrogen-bond donors (Lipinski definition) is 4. The molecule has 0 aliphatic rings. The lowest BCUT2D eigenvalue weighted by Gasteiger charge is -2.01. The van der Waals surface area contributed by atoms with E-state index in [-0.39, 0.29) is 13.2 Å². The minimum absolute atomic E-state index is 0.0417. The van der Waals surface area contributed by atoms with Gasteiger partial charge in [-0.15, -0.1) is 0 Å². The van der Waals surface area contributed by atoms with Crippen molar-refractivity contribution in [2.45, 2.75) is 39.5 Å². The molecule has 0 aliphatic carbocycles. The highest BCUT2D eigenvalue weighted by atomic mass is 16.5. The largest absolute Gasteiger partial charge is 0.481 e. The molecule has 4 N–H and O–H groups in total. The molecule has 0 spiro atoms. The summed E-state index contributed by atoms with van der Waals surface area (Å²) in [6.07, 6.45) is 2.05. The number of aliphatic hydroxyl groups excluding tert-OH is 2. The van der Waals surface area contributed by atoms with Crippen LogP contribution in [0.1, 0.15) is 39.5 Å². The standard InChI is InChI=1S/C6H14O4.2C4H8O2/c7-1-3-9-5-6-10-4-2-8;2*1-2-3-4(5)6/h7-8H,1-6H2;2*2-3H2,1H3,(H,5,6). The second-order valence-electron chi connectivity index (χ2n) is 3.96. The fourth-order valence-corrected chi connectivity index (χ4v) is 0.879. The molecule has 0 rings (SSSR count). The number of aliphatic hydroxyl groups is 2. The summed E-state index contributed by atoms with van der Waals surface area (Å²) in [5.74, 6) is -1.42. The summed E-state index contributed by atoms with van der Waals surface area (Å²) >= 11 is 0. The first-order chi connectivity index (χ1) is 10.5. The molecule has 0 aromatic carbocycles. The Morgan fingerprint density at radius 1 is 0.727 bits per heavy atom. The van der Waals surface area contributed by atoms with Crippen LogP contribution < -0.4 is 0 Å². The Kier molecular flexibility index (Phi) is 29.0. The maximum absolute atomic E-state index is 9.60. The Morgan fingerprint density at radius 3 is 1.18 bits per heavy atom. The van der Waals surface area contributed by atoms with Crippen LogP contribution in [-0.2, 0) is 19.1 Å². The summed E-state index contributed by atoms with van der Waals surface area (Å²) < 4.78 is 9.75. The van der Waals surface area contributed by atoms with Crippen molar-refractivity contribution in [2.24, 2.45) is 0 Å². The van der Waals surface area contributed by atoms with Crippen LogP contribution in [0.2, 0.25) is 0 Å². The van der Waals surface area contributed by atoms with E-state index in [2.05, 4.69) is 0 Å². The maximum Gasteiger partial charge on any atom is 0.303 e. The Balaban J connectivity index is -0.000000261. The van der Waals surface area contributed by atoms with Gasteiger partial charge in [-0.25, -0.2) is 0 Å². The number of carboxylic acid groups (broad SMARTS) is 2. The van der Waals surface area contributed by atoms with Crippen molar-refractivity contribution in [1.29, 1.82) is 0 Å². The molecule has 0 atom stereocenters. The van der Waals surface area contributed by atoms with Gasteiger partial charge >= 0.3 is 11.9 Å². The molecule has 0 aromatic rings. The highest BCUT2D eigenvalue weighted by Gasteiger charge is 1.88. The fraction of sp³-hybridized carbons (Fsp3) is 0.857. The third-order valence-corrected chi connectivity index (χ3v) is 1.77. The van der Waals surface area contributed by atoms with Crippen LogP contribution in [0, 0.1) is 0 Å². The van der Waals surface area contributed by atoms with Crippen molar-refractivity contribution in [3.63, 3.8) is 0 Å². The predicted octanol–water partition coefficient (Wildman–Crippen LogP) is 0.746. The van der Waals surface area contributed by atoms with Crippen molar-refractivity contribution in [3.05, 3.63) is 0 Å². The van der Waals surface area contributed by atoms with Gasteiger partial charge in [-0.1, -0.05) is 13.8 Å². The zero-order valence-electron chi connectivity index (χ0n) is 13.5. The molecular formula is C14H30O8. The van der Waals surface area contributed by atoms with Crippen LogP contribution in [-0.4, -0.2) is 72.0 Å². The first-order valence-corrected chi connectivity index (χ1v) is 7.26. The van der Waals surface area contributed by atoms with Gasteiger partial charge in [0.1, 0.15) is 0 Å². The van der Waals surface area contributed by atoms with Gasteiger partial charge in [0.05, 0.1) is 39.6 Å². The molecule has 0 saturated carbocycles. The Morgan fingerprint density at radius 2 is 1.05 bits per heavy atom. The first-order valence-electron chi connectivity index (χ1n) is 7.26. The molecule has 22 heavy (non-hydrogen) atoms. The Bertz CT molecular complexity index is 209. The summed E-state index contributed by atoms with van der Waals surface area (Å²) in [7, 11) is 0. The van der Waals surface area contributed by atoms with Crippen LogP contribution in [0.3, 0.4) is 0 Å². The molecular weight excluding hydrogens is 296 g/mol. The quantitative estimate of drug-likeness (QED) is 0.409. The topological polar surface area (TPSA) is 134 Å². The molecule has 0 unspecified atom stereocenters. The average molecular weight is 326 g/mol. The van der Waals surface area contributed by atoms with Gasteiger partial charge in [0, 0.05) is 12.8 Å². The molecule has 0 fully saturated rings. The van der Waals surface area contributed by atoms with Crippen molar-refractivity contribution >= 4 is 11.9 Å². The van der Waals surface area contributed by atoms with Crippen LogP contribution in [0.25, 0.3) is 0 Å². The fourth-order valence-electron chi connectivity index (χ4n) is 0.879. The van der Waals surface area contributed by atoms with Crippen molar-refractivity contribution < 1.29 is 39.5 Å². The monoisotopic (exact) mass is 326 g/mol. The van der Waals surface area contributed by atoms with E-state index in [1.54, 1.807) is 0 Å². The van der Waals surface area contributed by atoms with Gasteiger partial charge in [0.15, 0.2) is 0 Å². The Labute approximate surface area is 131 Å². The smallest absolute Gasteiger partial charge is 0.303 e. The number of hydrogen-bond acceptors (Lipinski definition) is 6. The number of carbonyl (C=O) groups is 2. The van der Waals surface area contributed by atoms with E-state index in [9.17, 15) is 9.59 Å². The van der Waals surface area contributed by atoms with E-state index in [1.807, 2.05) is 13.8 Å². The van der Waals surface area contributed by atoms with E-state index in [0.717, 1.165) is 12.8 Å². The molecule has 134 valence electrons. The number of carboxylic acids is 2. The van der Waals surface area contributed by atoms with Crippen LogP contribution >= 0.6 is 0 Å². The third kappa shape index (κ3) is 42.8. The van der Waals surface area contributed by atoms with Crippen molar-refractivity contribution in [1.82, 2.24) is 0 Å². The summed E-state index contributed by atoms with van der Waals surface area (Å²) in [5.41, 5.74) is 0. The second-order valence-corrected chi connectivity index (χ2v) is 3.96. The van der Waals surface area contributed by atoms with Gasteiger partial charge in [-0.3, -0.25) is 9.59 Å². The van der Waals surface area contributed by atoms with E-state index in [1.165, 1.54) is 0 Å². The lowest BCUT2D eigenvalue weighted by atomic mass is 10.4. The van der Waals surface area contributed by atoms with Crippen LogP contribution in [0.5, 0.6) is 0 Å². The molecule has 0 heterocycles. The maximum atomic E-state index is 9.60. The second kappa shape index (κ2) is 24.8. The van der Waals surface area contributed by atoms with E-state index >= 15 is 0 Å². The molecule has 0 amide bonds. The zero-order chi connectivity index (χ0) is 17.6. The van der Waals surface area contributed by atoms with Gasteiger partial charge in [-0.05, 0) is 12.8 Å². The third-order valence-electron chi connectivity index (χ3n) is 1.77. The van der Waals surface area contributed by atoms with Gasteiger partial charge in [0.2, 0.25) is 0 Å². The molecule has 0 radical (unpaired) electrons. The van der Waals surface area contributed by atoms with Crippen LogP contribution in [0.4, 0.5) is 0 Å². The van der Waals surface area contributed by atoms with Crippen molar-refractivity contribution in [3.8, 4) is 0 Å². The summed E-state index contributed by atoms with van der Waals surface area (Å²) in [6.45, 7) is 5.41. The predicted molar refractivity (Wildman–Crippen MR) is 80.9 cm³/mol. The molecule has 8 heteroatoms. The number of rotatable bonds is 11. The highest BCUT2D eigenvalue weighted by Crippen LogP contribution is 1.82. The SMILES string of the molecule is CCCC(=O)O.CCCC(=O)O.OCCOCCOCCO. The summed E-state index contributed by atoms with van der Waals surface area (Å²) in [6, 6.07) is 0. The Hall–Kier alpha value is -1.22. The van der Waals surface area contributed by atoms with E-state index < -0.39 is 11.9 Å². The molecule has 0 bridgehead atoms. The van der Waals surface area contributed by atoms with Crippen LogP contribution in [0.15, 0.2) is 0 Å². The van der Waals surface area contributed by atoms with Gasteiger partial charge < -0.3 is 29.9 Å². The highest BCUT2D eigenvalue weighted by molar-refractivity contribution is 5.66. The normalized spacial score (nSPS) is 9.09. The summed E-state index contributed by atoms with van der Waals surface area (Å²) in [4.78, 5) is 19.2. The summed E-state index contributed by atoms with van der Waals surface area (Å²) in [5, 5.41) is 32.4. The first kappa shape index (κ1) is 25.7. The molecule has 8 nitrogen and oxygen atoms in total.